The van der Waals surface area contributed by atoms with Crippen molar-refractivity contribution in [2.45, 2.75) is 49.1 Å². The predicted octanol–water partition coefficient (Wildman–Crippen LogP) is 3.78. The van der Waals surface area contributed by atoms with E-state index < -0.39 is 16.1 Å². The molecule has 1 saturated heterocycles. The number of halogens is 2. The average molecular weight is 583 g/mol. The van der Waals surface area contributed by atoms with Crippen LogP contribution >= 0.6 is 23.2 Å². The Hall–Kier alpha value is -2.21. The normalized spacial score (nSPS) is 17.2. The third-order valence-corrected chi connectivity index (χ3v) is 9.09. The summed E-state index contributed by atoms with van der Waals surface area (Å²) in [4.78, 5) is 19.7. The summed E-state index contributed by atoms with van der Waals surface area (Å²) in [6.45, 7) is 2.50. The first-order valence-corrected chi connectivity index (χ1v) is 14.9. The zero-order valence-corrected chi connectivity index (χ0v) is 23.6. The maximum Gasteiger partial charge on any atom is 0.243 e. The predicted molar refractivity (Wildman–Crippen MR) is 149 cm³/mol. The molecule has 2 heterocycles. The van der Waals surface area contributed by atoms with Crippen molar-refractivity contribution in [2.24, 2.45) is 5.73 Å². The molecule has 0 aliphatic carbocycles. The van der Waals surface area contributed by atoms with Crippen LogP contribution in [0.25, 0.3) is 11.0 Å². The Kier molecular flexibility index (Phi) is 9.67. The molecule has 1 fully saturated rings. The van der Waals surface area contributed by atoms with Crippen LogP contribution in [0, 0.1) is 0 Å². The van der Waals surface area contributed by atoms with E-state index in [2.05, 4.69) is 15.4 Å². The molecule has 3 aromatic rings. The number of nitrogens with zero attached hydrogens (tertiary/aromatic N) is 3. The fourth-order valence-corrected chi connectivity index (χ4v) is 7.11. The first-order chi connectivity index (χ1) is 18.2. The van der Waals surface area contributed by atoms with Gasteiger partial charge in [0.1, 0.15) is 10.7 Å². The molecule has 4 rings (SSSR count). The van der Waals surface area contributed by atoms with Crippen molar-refractivity contribution in [3.8, 4) is 0 Å². The molecule has 2 aromatic carbocycles. The van der Waals surface area contributed by atoms with Crippen molar-refractivity contribution >= 4 is 50.2 Å². The third-order valence-electron chi connectivity index (χ3n) is 6.71. The minimum absolute atomic E-state index is 0.00967. The SMILES string of the molecule is COCCCn1c([C@@H]2CCCN(C(=O)C[C@@H](N)CNS(=O)(=O)c3c(Cl)cccc3Cl)C2)nc2ccccc21. The van der Waals surface area contributed by atoms with Gasteiger partial charge in [-0.1, -0.05) is 41.4 Å². The Morgan fingerprint density at radius 3 is 2.68 bits per heavy atom. The fraction of sp³-hybridized carbons (Fsp3) is 0.462. The number of carbonyl (C=O) groups excluding carboxylic acids is 1. The highest BCUT2D eigenvalue weighted by Crippen LogP contribution is 2.31. The topological polar surface area (TPSA) is 120 Å². The summed E-state index contributed by atoms with van der Waals surface area (Å²) in [5.41, 5.74) is 8.18. The highest BCUT2D eigenvalue weighted by Gasteiger charge is 2.30. The molecular weight excluding hydrogens is 549 g/mol. The molecule has 38 heavy (non-hydrogen) atoms. The van der Waals surface area contributed by atoms with Crippen LogP contribution in [0.5, 0.6) is 0 Å². The fourth-order valence-electron chi connectivity index (χ4n) is 4.88. The van der Waals surface area contributed by atoms with Crippen LogP contribution in [0.2, 0.25) is 10.0 Å². The highest BCUT2D eigenvalue weighted by molar-refractivity contribution is 7.89. The summed E-state index contributed by atoms with van der Waals surface area (Å²) in [5.74, 6) is 0.965. The number of nitrogens with two attached hydrogens (primary N) is 1. The van der Waals surface area contributed by atoms with Crippen molar-refractivity contribution in [3.63, 3.8) is 0 Å². The number of hydrogen-bond donors (Lipinski definition) is 2. The van der Waals surface area contributed by atoms with Crippen LogP contribution in [0.15, 0.2) is 47.4 Å². The van der Waals surface area contributed by atoms with Gasteiger partial charge in [0.25, 0.3) is 0 Å². The number of amides is 1. The molecule has 0 unspecified atom stereocenters. The molecule has 1 aromatic heterocycles. The number of nitrogens with one attached hydrogen (secondary N) is 1. The summed E-state index contributed by atoms with van der Waals surface area (Å²) in [5, 5.41) is 0.0319. The number of benzene rings is 2. The summed E-state index contributed by atoms with van der Waals surface area (Å²) in [7, 11) is -2.29. The zero-order valence-electron chi connectivity index (χ0n) is 21.3. The molecule has 12 heteroatoms. The molecular formula is C26H33Cl2N5O4S. The second-order valence-electron chi connectivity index (χ2n) is 9.50. The molecule has 3 N–H and O–H groups in total. The van der Waals surface area contributed by atoms with E-state index in [1.807, 2.05) is 23.1 Å². The lowest BCUT2D eigenvalue weighted by atomic mass is 9.96. The van der Waals surface area contributed by atoms with Gasteiger partial charge in [0.2, 0.25) is 15.9 Å². The molecule has 1 aliphatic heterocycles. The van der Waals surface area contributed by atoms with Crippen molar-refractivity contribution in [1.82, 2.24) is 19.2 Å². The molecule has 9 nitrogen and oxygen atoms in total. The van der Waals surface area contributed by atoms with Crippen LogP contribution in [0.1, 0.15) is 37.4 Å². The van der Waals surface area contributed by atoms with E-state index in [1.54, 1.807) is 13.2 Å². The number of fused-ring (bicyclic) bond motifs is 1. The van der Waals surface area contributed by atoms with Crippen molar-refractivity contribution < 1.29 is 17.9 Å². The second kappa shape index (κ2) is 12.8. The summed E-state index contributed by atoms with van der Waals surface area (Å²) >= 11 is 12.1. The van der Waals surface area contributed by atoms with E-state index >= 15 is 0 Å². The van der Waals surface area contributed by atoms with E-state index in [0.29, 0.717) is 19.7 Å². The van der Waals surface area contributed by atoms with Crippen LogP contribution in [-0.2, 0) is 26.1 Å². The Balaban J connectivity index is 1.40. The lowest BCUT2D eigenvalue weighted by Gasteiger charge is -2.33. The number of piperidine rings is 1. The standard InChI is InChI=1S/C26H33Cl2N5O4S/c1-37-14-6-13-33-23-11-3-2-10-22(23)31-26(33)18-7-5-12-32(17-18)24(34)15-19(29)16-30-38(35,36)25-20(27)8-4-9-21(25)28/h2-4,8-11,18-19,30H,5-7,12-17,29H2,1H3/t18-,19-/m1/s1. The number of sulfonamides is 1. The summed E-state index contributed by atoms with van der Waals surface area (Å²) in [6.07, 6.45) is 2.66. The third kappa shape index (κ3) is 6.67. The maximum atomic E-state index is 13.1. The van der Waals surface area contributed by atoms with Crippen LogP contribution in [-0.4, -0.2) is 68.2 Å². The lowest BCUT2D eigenvalue weighted by molar-refractivity contribution is -0.132. The number of rotatable bonds is 11. The van der Waals surface area contributed by atoms with Crippen LogP contribution < -0.4 is 10.5 Å². The van der Waals surface area contributed by atoms with Gasteiger partial charge >= 0.3 is 0 Å². The van der Waals surface area contributed by atoms with E-state index in [9.17, 15) is 13.2 Å². The van der Waals surface area contributed by atoms with Crippen molar-refractivity contribution in [1.29, 1.82) is 0 Å². The van der Waals surface area contributed by atoms with Crippen molar-refractivity contribution in [2.75, 3.05) is 33.4 Å². The number of carbonyl (C=O) groups is 1. The summed E-state index contributed by atoms with van der Waals surface area (Å²) < 4.78 is 35.4. The quantitative estimate of drug-likeness (QED) is 0.332. The van der Waals surface area contributed by atoms with Crippen LogP contribution in [0.3, 0.4) is 0 Å². The molecule has 2 atom stereocenters. The van der Waals surface area contributed by atoms with Gasteiger partial charge in [-0.15, -0.1) is 0 Å². The number of hydrogen-bond acceptors (Lipinski definition) is 6. The van der Waals surface area contributed by atoms with E-state index in [1.165, 1.54) is 12.1 Å². The summed E-state index contributed by atoms with van der Waals surface area (Å²) in [6, 6.07) is 11.8. The van der Waals surface area contributed by atoms with Gasteiger partial charge in [-0.2, -0.15) is 0 Å². The maximum absolute atomic E-state index is 13.1. The first-order valence-electron chi connectivity index (χ1n) is 12.6. The molecule has 206 valence electrons. The highest BCUT2D eigenvalue weighted by atomic mass is 35.5. The van der Waals surface area contributed by atoms with Crippen molar-refractivity contribution in [3.05, 3.63) is 58.3 Å². The smallest absolute Gasteiger partial charge is 0.243 e. The largest absolute Gasteiger partial charge is 0.385 e. The Labute approximate surface area is 233 Å². The van der Waals surface area contributed by atoms with Gasteiger partial charge in [-0.25, -0.2) is 18.1 Å². The number of para-hydroxylation sites is 2. The minimum Gasteiger partial charge on any atom is -0.385 e. The van der Waals surface area contributed by atoms with E-state index in [-0.39, 0.29) is 39.7 Å². The van der Waals surface area contributed by atoms with Gasteiger partial charge in [0, 0.05) is 58.3 Å². The van der Waals surface area contributed by atoms with Gasteiger partial charge in [0.05, 0.1) is 21.1 Å². The van der Waals surface area contributed by atoms with Crippen LogP contribution in [0.4, 0.5) is 0 Å². The van der Waals surface area contributed by atoms with Gasteiger partial charge in [-0.05, 0) is 43.5 Å². The zero-order chi connectivity index (χ0) is 27.3. The molecule has 0 saturated carbocycles. The van der Waals surface area contributed by atoms with Gasteiger partial charge in [-0.3, -0.25) is 4.79 Å². The molecule has 1 aliphatic rings. The number of aryl methyl sites for hydroxylation is 1. The Morgan fingerprint density at radius 1 is 1.21 bits per heavy atom. The van der Waals surface area contributed by atoms with E-state index in [0.717, 1.165) is 42.7 Å². The Bertz CT molecular complexity index is 1360. The average Bonchev–Trinajstić information content (AvgIpc) is 3.26. The monoisotopic (exact) mass is 581 g/mol. The lowest BCUT2D eigenvalue weighted by Crippen LogP contribution is -2.45. The van der Waals surface area contributed by atoms with Gasteiger partial charge < -0.3 is 19.9 Å². The number of methoxy groups -OCH3 is 1. The van der Waals surface area contributed by atoms with E-state index in [4.69, 9.17) is 38.7 Å². The first kappa shape index (κ1) is 28.8. The number of aromatic nitrogens is 2. The molecule has 0 radical (unpaired) electrons. The number of ether oxygens (including phenoxy) is 1. The minimum atomic E-state index is -3.99. The van der Waals surface area contributed by atoms with Gasteiger partial charge in [0.15, 0.2) is 0 Å². The second-order valence-corrected chi connectivity index (χ2v) is 12.0. The Morgan fingerprint density at radius 2 is 1.95 bits per heavy atom. The number of likely N-dealkylation sites (tertiary alicyclic amines) is 1. The number of imidazole rings is 1. The molecule has 0 spiro atoms. The molecule has 1 amide bonds. The molecule has 0 bridgehead atoms.